The van der Waals surface area contributed by atoms with Gasteiger partial charge in [-0.1, -0.05) is 30.3 Å². The Kier molecular flexibility index (Phi) is 4.27. The van der Waals surface area contributed by atoms with Crippen LogP contribution in [0.15, 0.2) is 53.4 Å². The van der Waals surface area contributed by atoms with Gasteiger partial charge in [0.25, 0.3) is 0 Å². The number of ether oxygens (including phenoxy) is 1. The van der Waals surface area contributed by atoms with Gasteiger partial charge in [0, 0.05) is 17.1 Å². The summed E-state index contributed by atoms with van der Waals surface area (Å²) in [5.74, 6) is 0.425. The predicted octanol–water partition coefficient (Wildman–Crippen LogP) is 3.23. The van der Waals surface area contributed by atoms with E-state index in [9.17, 15) is 9.90 Å². The number of aliphatic hydroxyl groups is 1. The lowest BCUT2D eigenvalue weighted by Gasteiger charge is -2.08. The van der Waals surface area contributed by atoms with Crippen molar-refractivity contribution in [1.82, 2.24) is 0 Å². The van der Waals surface area contributed by atoms with Gasteiger partial charge >= 0.3 is 5.97 Å². The Bertz CT molecular complexity index is 640. The molecule has 1 aliphatic rings. The zero-order chi connectivity index (χ0) is 14.7. The molecular formula is C17H16O3S. The number of hydrogen-bond acceptors (Lipinski definition) is 4. The molecule has 0 fully saturated rings. The van der Waals surface area contributed by atoms with Crippen LogP contribution in [0.1, 0.15) is 27.6 Å². The van der Waals surface area contributed by atoms with Crippen LogP contribution >= 0.6 is 11.8 Å². The van der Waals surface area contributed by atoms with Crippen LogP contribution in [0.3, 0.4) is 0 Å². The van der Waals surface area contributed by atoms with Gasteiger partial charge in [0.1, 0.15) is 0 Å². The molecule has 4 heteroatoms. The molecule has 0 aliphatic carbocycles. The quantitative estimate of drug-likeness (QED) is 0.881. The number of esters is 1. The van der Waals surface area contributed by atoms with Gasteiger partial charge < -0.3 is 9.84 Å². The third-order valence-electron chi connectivity index (χ3n) is 3.46. The highest BCUT2D eigenvalue weighted by atomic mass is 32.2. The van der Waals surface area contributed by atoms with E-state index in [0.29, 0.717) is 18.6 Å². The molecule has 1 heterocycles. The lowest BCUT2D eigenvalue weighted by molar-refractivity contribution is 0.0509. The van der Waals surface area contributed by atoms with E-state index in [-0.39, 0.29) is 12.1 Å². The topological polar surface area (TPSA) is 46.5 Å². The molecule has 21 heavy (non-hydrogen) atoms. The second-order valence-electron chi connectivity index (χ2n) is 4.95. The molecule has 2 aromatic carbocycles. The number of thioether (sulfide) groups is 1. The Labute approximate surface area is 127 Å². The smallest absolute Gasteiger partial charge is 0.338 e. The number of fused-ring (bicyclic) bond motifs is 1. The minimum Gasteiger partial charge on any atom is -0.462 e. The van der Waals surface area contributed by atoms with Gasteiger partial charge in [-0.05, 0) is 29.3 Å². The summed E-state index contributed by atoms with van der Waals surface area (Å²) in [4.78, 5) is 13.0. The van der Waals surface area contributed by atoms with Crippen molar-refractivity contribution in [1.29, 1.82) is 0 Å². The molecule has 3 rings (SSSR count). The number of carbonyl (C=O) groups is 1. The molecule has 1 aliphatic heterocycles. The molecule has 108 valence electrons. The highest BCUT2D eigenvalue weighted by Crippen LogP contribution is 2.38. The normalized spacial score (nSPS) is 16.5. The summed E-state index contributed by atoms with van der Waals surface area (Å²) < 4.78 is 5.27. The first-order chi connectivity index (χ1) is 10.2. The zero-order valence-electron chi connectivity index (χ0n) is 11.5. The Morgan fingerprint density at radius 1 is 1.24 bits per heavy atom. The molecule has 1 atom stereocenters. The monoisotopic (exact) mass is 300 g/mol. The summed E-state index contributed by atoms with van der Waals surface area (Å²) >= 11 is 1.68. The third kappa shape index (κ3) is 3.28. The first-order valence-corrected chi connectivity index (χ1v) is 7.88. The molecule has 1 N–H and O–H groups in total. The minimum absolute atomic E-state index is 0.299. The van der Waals surface area contributed by atoms with Crippen LogP contribution < -0.4 is 0 Å². The van der Waals surface area contributed by atoms with Gasteiger partial charge in [-0.15, -0.1) is 11.8 Å². The Balaban J connectivity index is 1.57. The molecule has 0 bridgehead atoms. The Hall–Kier alpha value is -1.78. The number of carbonyl (C=O) groups excluding carboxylic acids is 1. The van der Waals surface area contributed by atoms with Gasteiger partial charge in [-0.3, -0.25) is 0 Å². The van der Waals surface area contributed by atoms with Crippen molar-refractivity contribution < 1.29 is 14.6 Å². The Morgan fingerprint density at radius 2 is 2.05 bits per heavy atom. The van der Waals surface area contributed by atoms with Gasteiger partial charge in [0.05, 0.1) is 18.3 Å². The number of hydrogen-bond donors (Lipinski definition) is 1. The maximum atomic E-state index is 11.8. The van der Waals surface area contributed by atoms with Crippen LogP contribution in [-0.4, -0.2) is 23.4 Å². The third-order valence-corrected chi connectivity index (χ3v) is 4.63. The summed E-state index contributed by atoms with van der Waals surface area (Å²) in [5, 5.41) is 9.86. The molecule has 1 unspecified atom stereocenters. The molecule has 0 aromatic heterocycles. The van der Waals surface area contributed by atoms with Crippen LogP contribution in [0.4, 0.5) is 0 Å². The van der Waals surface area contributed by atoms with Crippen molar-refractivity contribution >= 4 is 17.7 Å². The van der Waals surface area contributed by atoms with Gasteiger partial charge in [0.2, 0.25) is 0 Å². The molecule has 2 aromatic rings. The van der Waals surface area contributed by atoms with E-state index < -0.39 is 0 Å². The number of rotatable bonds is 4. The van der Waals surface area contributed by atoms with Crippen LogP contribution in [0.5, 0.6) is 0 Å². The van der Waals surface area contributed by atoms with Crippen molar-refractivity contribution in [3.63, 3.8) is 0 Å². The van der Waals surface area contributed by atoms with Crippen molar-refractivity contribution in [3.05, 3.63) is 65.2 Å². The summed E-state index contributed by atoms with van der Waals surface area (Å²) in [6.07, 6.45) is 0.278. The van der Waals surface area contributed by atoms with Crippen molar-refractivity contribution in [2.75, 3.05) is 12.4 Å². The summed E-state index contributed by atoms with van der Waals surface area (Å²) in [6, 6.07) is 15.1. The van der Waals surface area contributed by atoms with E-state index in [1.165, 1.54) is 0 Å². The van der Waals surface area contributed by atoms with Crippen LogP contribution in [0, 0.1) is 0 Å². The van der Waals surface area contributed by atoms with Crippen molar-refractivity contribution in [2.24, 2.45) is 0 Å². The lowest BCUT2D eigenvalue weighted by atomic mass is 10.1. The standard InChI is InChI=1S/C17H16O3S/c18-15-11-21-16-7-6-12(10-14(15)16)8-9-20-17(19)13-4-2-1-3-5-13/h1-7,10,15,18H,8-9,11H2. The average molecular weight is 300 g/mol. The minimum atomic E-state index is -0.378. The predicted molar refractivity (Wildman–Crippen MR) is 82.6 cm³/mol. The van der Waals surface area contributed by atoms with Gasteiger partial charge in [-0.2, -0.15) is 0 Å². The summed E-state index contributed by atoms with van der Waals surface area (Å²) in [7, 11) is 0. The number of aliphatic hydroxyl groups excluding tert-OH is 1. The fourth-order valence-electron chi connectivity index (χ4n) is 2.32. The average Bonchev–Trinajstić information content (AvgIpc) is 2.89. The maximum absolute atomic E-state index is 11.8. The molecule has 3 nitrogen and oxygen atoms in total. The van der Waals surface area contributed by atoms with Crippen molar-refractivity contribution in [2.45, 2.75) is 17.4 Å². The van der Waals surface area contributed by atoms with Gasteiger partial charge in [0.15, 0.2) is 0 Å². The molecule has 0 radical (unpaired) electrons. The number of benzene rings is 2. The molecule has 0 saturated heterocycles. The largest absolute Gasteiger partial charge is 0.462 e. The summed E-state index contributed by atoms with van der Waals surface area (Å²) in [6.45, 7) is 0.343. The van der Waals surface area contributed by atoms with Crippen LogP contribution in [0.25, 0.3) is 0 Å². The van der Waals surface area contributed by atoms with E-state index in [1.54, 1.807) is 23.9 Å². The van der Waals surface area contributed by atoms with E-state index in [0.717, 1.165) is 21.8 Å². The molecular weight excluding hydrogens is 284 g/mol. The highest BCUT2D eigenvalue weighted by Gasteiger charge is 2.20. The fourth-order valence-corrected chi connectivity index (χ4v) is 3.37. The summed E-state index contributed by atoms with van der Waals surface area (Å²) in [5.41, 5.74) is 2.64. The fraction of sp³-hybridized carbons (Fsp3) is 0.235. The van der Waals surface area contributed by atoms with Crippen LogP contribution in [0.2, 0.25) is 0 Å². The lowest BCUT2D eigenvalue weighted by Crippen LogP contribution is -2.08. The van der Waals surface area contributed by atoms with E-state index in [4.69, 9.17) is 4.74 Å². The second-order valence-corrected chi connectivity index (χ2v) is 6.01. The van der Waals surface area contributed by atoms with E-state index >= 15 is 0 Å². The van der Waals surface area contributed by atoms with Crippen LogP contribution in [-0.2, 0) is 11.2 Å². The second kappa shape index (κ2) is 6.33. The van der Waals surface area contributed by atoms with Crippen molar-refractivity contribution in [3.8, 4) is 0 Å². The first kappa shape index (κ1) is 14.2. The SMILES string of the molecule is O=C(OCCc1ccc2c(c1)C(O)CS2)c1ccccc1. The van der Waals surface area contributed by atoms with E-state index in [1.807, 2.05) is 36.4 Å². The molecule has 0 saturated carbocycles. The zero-order valence-corrected chi connectivity index (χ0v) is 12.3. The highest BCUT2D eigenvalue weighted by molar-refractivity contribution is 7.99. The molecule has 0 amide bonds. The first-order valence-electron chi connectivity index (χ1n) is 6.90. The van der Waals surface area contributed by atoms with Gasteiger partial charge in [-0.25, -0.2) is 4.79 Å². The Morgan fingerprint density at radius 3 is 2.86 bits per heavy atom. The maximum Gasteiger partial charge on any atom is 0.338 e. The molecule has 0 spiro atoms. The van der Waals surface area contributed by atoms with E-state index in [2.05, 4.69) is 0 Å².